The number of aromatic nitrogens is 4. The lowest BCUT2D eigenvalue weighted by Gasteiger charge is -2.16. The average molecular weight is 899 g/mol. The highest BCUT2D eigenvalue weighted by atomic mass is 15.3. The van der Waals surface area contributed by atoms with Crippen LogP contribution in [0.5, 0.6) is 0 Å². The summed E-state index contributed by atoms with van der Waals surface area (Å²) >= 11 is 0. The van der Waals surface area contributed by atoms with Crippen LogP contribution in [0.3, 0.4) is 0 Å². The molecule has 8 rings (SSSR count). The molecule has 4 aromatic carbocycles. The van der Waals surface area contributed by atoms with Gasteiger partial charge < -0.3 is 0 Å². The summed E-state index contributed by atoms with van der Waals surface area (Å²) in [6, 6.07) is 17.9. The molecule has 0 spiro atoms. The molecule has 0 radical (unpaired) electrons. The molecule has 2 aliphatic rings. The number of imidazole rings is 2. The fraction of sp³-hybridized carbons (Fsp3) is 0.267. The van der Waals surface area contributed by atoms with Gasteiger partial charge in [0, 0.05) is 24.8 Å². The zero-order valence-corrected chi connectivity index (χ0v) is 43.0. The van der Waals surface area contributed by atoms with E-state index in [2.05, 4.69) is 239 Å². The summed E-state index contributed by atoms with van der Waals surface area (Å²) in [5.74, 6) is 0. The van der Waals surface area contributed by atoms with E-state index in [1.165, 1.54) is 66.8 Å². The first kappa shape index (κ1) is 47.2. The normalized spacial score (nSPS) is 13.8. The standard InChI is InChI=1S/C60H66N8/c1-35-23-43(9)55(44(10)24-35)65-19-20-66(56-45(11)25-36(2)26-46(56)12)59(65)63-61-53-39(5)31-51(32-40(53)6)17-18-52-33-41(7)54(42(8)34-52)62-64-60-67(57-47(13)27-37(3)28-48(57)14)21-22-68(60)58-49(15)29-38(4)30-50(58)16/h17-34H,1-16H3. The van der Waals surface area contributed by atoms with E-state index in [4.69, 9.17) is 20.4 Å². The van der Waals surface area contributed by atoms with Gasteiger partial charge in [-0.1, -0.05) is 82.9 Å². The van der Waals surface area contributed by atoms with Crippen molar-refractivity contribution < 1.29 is 0 Å². The molecule has 2 aromatic heterocycles. The number of nitrogens with zero attached hydrogens (tertiary/aromatic N) is 8. The zero-order valence-electron chi connectivity index (χ0n) is 43.0. The van der Waals surface area contributed by atoms with Gasteiger partial charge in [-0.2, -0.15) is 0 Å². The molecule has 0 saturated carbocycles. The Hall–Kier alpha value is -7.32. The maximum atomic E-state index is 5.08. The highest BCUT2D eigenvalue weighted by Gasteiger charge is 2.19. The minimum Gasteiger partial charge on any atom is -0.284 e. The summed E-state index contributed by atoms with van der Waals surface area (Å²) in [5, 5.41) is 20.2. The summed E-state index contributed by atoms with van der Waals surface area (Å²) in [5.41, 5.74) is 28.6. The third-order valence-electron chi connectivity index (χ3n) is 13.1. The van der Waals surface area contributed by atoms with Gasteiger partial charge in [0.2, 0.25) is 11.2 Å². The number of aryl methyl sites for hydroxylation is 12. The van der Waals surface area contributed by atoms with Crippen molar-refractivity contribution in [2.45, 2.75) is 111 Å². The van der Waals surface area contributed by atoms with Crippen LogP contribution in [0, 0.1) is 83.1 Å². The third kappa shape index (κ3) is 9.20. The number of hydrogen-bond donors (Lipinski definition) is 0. The molecule has 8 nitrogen and oxygen atoms in total. The van der Waals surface area contributed by atoms with Crippen LogP contribution in [-0.4, -0.2) is 29.7 Å². The van der Waals surface area contributed by atoms with Crippen molar-refractivity contribution in [1.82, 2.24) is 18.3 Å². The first-order valence-electron chi connectivity index (χ1n) is 23.6. The van der Waals surface area contributed by atoms with Gasteiger partial charge in [-0.15, -0.1) is 20.4 Å². The van der Waals surface area contributed by atoms with Gasteiger partial charge in [0.1, 0.15) is 0 Å². The van der Waals surface area contributed by atoms with E-state index in [0.29, 0.717) is 0 Å². The molecule has 6 aromatic rings. The molecule has 2 heterocycles. The Morgan fingerprint density at radius 2 is 0.500 bits per heavy atom. The number of benzene rings is 4. The fourth-order valence-corrected chi connectivity index (χ4v) is 10.7. The largest absolute Gasteiger partial charge is 0.284 e. The Morgan fingerprint density at radius 1 is 0.294 bits per heavy atom. The molecule has 0 aliphatic heterocycles. The van der Waals surface area contributed by atoms with Crippen LogP contribution in [0.15, 0.2) is 164 Å². The van der Waals surface area contributed by atoms with E-state index in [-0.39, 0.29) is 0 Å². The predicted molar refractivity (Wildman–Crippen MR) is 284 cm³/mol. The van der Waals surface area contributed by atoms with E-state index < -0.39 is 0 Å². The van der Waals surface area contributed by atoms with E-state index in [1.807, 2.05) is 0 Å². The van der Waals surface area contributed by atoms with Crippen LogP contribution < -0.4 is 11.2 Å². The van der Waals surface area contributed by atoms with Crippen molar-refractivity contribution in [3.05, 3.63) is 221 Å². The lowest BCUT2D eigenvalue weighted by Crippen LogP contribution is -2.26. The molecule has 0 amide bonds. The van der Waals surface area contributed by atoms with E-state index in [1.54, 1.807) is 0 Å². The van der Waals surface area contributed by atoms with Crippen LogP contribution in [0.2, 0.25) is 0 Å². The molecule has 0 atom stereocenters. The van der Waals surface area contributed by atoms with Crippen molar-refractivity contribution in [3.8, 4) is 22.7 Å². The second-order valence-corrected chi connectivity index (χ2v) is 19.4. The topological polar surface area (TPSA) is 69.2 Å². The van der Waals surface area contributed by atoms with Gasteiger partial charge in [-0.25, -0.2) is 0 Å². The lowest BCUT2D eigenvalue weighted by atomic mass is 9.93. The monoisotopic (exact) mass is 899 g/mol. The molecule has 0 unspecified atom stereocenters. The molecule has 8 heteroatoms. The Kier molecular flexibility index (Phi) is 13.0. The van der Waals surface area contributed by atoms with Crippen molar-refractivity contribution in [1.29, 1.82) is 0 Å². The minimum atomic E-state index is 0.743. The first-order valence-corrected chi connectivity index (χ1v) is 23.6. The Labute approximate surface area is 403 Å². The van der Waals surface area contributed by atoms with Crippen LogP contribution in [0.1, 0.15) is 94.5 Å². The Balaban J connectivity index is 1.14. The van der Waals surface area contributed by atoms with Crippen LogP contribution in [0.25, 0.3) is 22.7 Å². The van der Waals surface area contributed by atoms with Crippen molar-refractivity contribution in [3.63, 3.8) is 0 Å². The van der Waals surface area contributed by atoms with Gasteiger partial charge >= 0.3 is 0 Å². The summed E-state index contributed by atoms with van der Waals surface area (Å²) < 4.78 is 8.72. The summed E-state index contributed by atoms with van der Waals surface area (Å²) in [4.78, 5) is 0. The summed E-state index contributed by atoms with van der Waals surface area (Å²) in [6.45, 7) is 34.4. The zero-order chi connectivity index (χ0) is 48.9. The van der Waals surface area contributed by atoms with Gasteiger partial charge in [0.15, 0.2) is 0 Å². The number of hydrogen-bond acceptors (Lipinski definition) is 4. The lowest BCUT2D eigenvalue weighted by molar-refractivity contribution is 0.820. The molecule has 0 fully saturated rings. The Bertz CT molecular complexity index is 2960. The molecule has 68 heavy (non-hydrogen) atoms. The SMILES string of the molecule is CC1=CC(=CC=C2C=C(C)C(=NN=c3n(-c4c(C)cc(C)cc4C)ccn3-c3c(C)cc(C)cc3C)C(C)=C2)C=C(C)C1=NN=c1n(-c2c(C)cc(C)cc2C)ccn1-c1c(C)cc(C)cc1C. The van der Waals surface area contributed by atoms with Gasteiger partial charge in [0.05, 0.1) is 34.2 Å². The maximum absolute atomic E-state index is 5.08. The van der Waals surface area contributed by atoms with Crippen LogP contribution in [-0.2, 0) is 0 Å². The summed E-state index contributed by atoms with van der Waals surface area (Å²) in [7, 11) is 0. The molecule has 2 aliphatic carbocycles. The Morgan fingerprint density at radius 3 is 0.706 bits per heavy atom. The number of allylic oxidation sites excluding steroid dienone is 12. The van der Waals surface area contributed by atoms with Crippen LogP contribution in [0.4, 0.5) is 0 Å². The van der Waals surface area contributed by atoms with Crippen LogP contribution >= 0.6 is 0 Å². The molecule has 346 valence electrons. The van der Waals surface area contributed by atoms with E-state index in [0.717, 1.165) is 78.8 Å². The van der Waals surface area contributed by atoms with Crippen molar-refractivity contribution in [2.24, 2.45) is 20.4 Å². The van der Waals surface area contributed by atoms with Gasteiger partial charge in [0.25, 0.3) is 0 Å². The van der Waals surface area contributed by atoms with Crippen molar-refractivity contribution >= 4 is 11.4 Å². The molecule has 0 saturated heterocycles. The van der Waals surface area contributed by atoms with Gasteiger partial charge in [-0.05, 0) is 213 Å². The molecular formula is C60H66N8. The molecule has 0 N–H and O–H groups in total. The minimum absolute atomic E-state index is 0.743. The highest BCUT2D eigenvalue weighted by molar-refractivity contribution is 6.14. The van der Waals surface area contributed by atoms with E-state index >= 15 is 0 Å². The second-order valence-electron chi connectivity index (χ2n) is 19.4. The van der Waals surface area contributed by atoms with E-state index in [9.17, 15) is 0 Å². The third-order valence-corrected chi connectivity index (χ3v) is 13.1. The highest BCUT2D eigenvalue weighted by Crippen LogP contribution is 2.27. The first-order chi connectivity index (χ1) is 32.3. The summed E-state index contributed by atoms with van der Waals surface area (Å²) in [6.07, 6.45) is 21.6. The maximum Gasteiger partial charge on any atom is 0.239 e. The van der Waals surface area contributed by atoms with Gasteiger partial charge in [-0.3, -0.25) is 18.3 Å². The fourth-order valence-electron chi connectivity index (χ4n) is 10.7. The quantitative estimate of drug-likeness (QED) is 0.143. The average Bonchev–Trinajstić information content (AvgIpc) is 3.81. The molecule has 0 bridgehead atoms. The van der Waals surface area contributed by atoms with Crippen molar-refractivity contribution in [2.75, 3.05) is 0 Å². The molecular weight excluding hydrogens is 833 g/mol. The smallest absolute Gasteiger partial charge is 0.239 e. The second kappa shape index (κ2) is 18.8. The predicted octanol–water partition coefficient (Wildman–Crippen LogP) is 13.4. The number of rotatable bonds is 7.